The summed E-state index contributed by atoms with van der Waals surface area (Å²) in [6, 6.07) is 8.33. The molecule has 0 radical (unpaired) electrons. The van der Waals surface area contributed by atoms with E-state index in [9.17, 15) is 4.79 Å². The van der Waals surface area contributed by atoms with Gasteiger partial charge in [0.25, 0.3) is 5.91 Å². The van der Waals surface area contributed by atoms with E-state index in [1.165, 1.54) is 30.9 Å². The van der Waals surface area contributed by atoms with Crippen molar-refractivity contribution >= 4 is 80.8 Å². The molecule has 1 aliphatic heterocycles. The number of halogens is 3. The van der Waals surface area contributed by atoms with Crippen LogP contribution in [-0.2, 0) is 4.79 Å². The minimum atomic E-state index is -0.255. The molecule has 27 heavy (non-hydrogen) atoms. The first-order chi connectivity index (χ1) is 12.8. The van der Waals surface area contributed by atoms with Crippen LogP contribution in [-0.4, -0.2) is 24.4 Å². The third-order valence-corrected chi connectivity index (χ3v) is 6.03. The van der Waals surface area contributed by atoms with Crippen molar-refractivity contribution in [3.8, 4) is 11.5 Å². The number of thioether (sulfide) groups is 1. The minimum absolute atomic E-state index is 0.255. The summed E-state index contributed by atoms with van der Waals surface area (Å²) in [5.74, 6) is 0.644. The van der Waals surface area contributed by atoms with Gasteiger partial charge in [0.05, 0.1) is 39.9 Å². The first-order valence-electron chi connectivity index (χ1n) is 7.50. The van der Waals surface area contributed by atoms with Crippen LogP contribution in [0.15, 0.2) is 35.2 Å². The van der Waals surface area contributed by atoms with E-state index in [0.29, 0.717) is 47.0 Å². The first kappa shape index (κ1) is 20.3. The van der Waals surface area contributed by atoms with E-state index >= 15 is 0 Å². The van der Waals surface area contributed by atoms with Gasteiger partial charge in [-0.25, -0.2) is 0 Å². The monoisotopic (exact) mass is 459 g/mol. The molecule has 1 aliphatic rings. The van der Waals surface area contributed by atoms with Crippen LogP contribution in [0.3, 0.4) is 0 Å². The molecule has 2 aromatic rings. The number of thiocarbonyl (C=S) groups is 1. The van der Waals surface area contributed by atoms with Crippen LogP contribution in [0.4, 0.5) is 5.69 Å². The number of hydrogen-bond acceptors (Lipinski definition) is 5. The van der Waals surface area contributed by atoms with E-state index in [1.54, 1.807) is 36.4 Å². The molecule has 9 heteroatoms. The predicted molar refractivity (Wildman–Crippen MR) is 117 cm³/mol. The second kappa shape index (κ2) is 8.29. The van der Waals surface area contributed by atoms with Crippen molar-refractivity contribution in [1.29, 1.82) is 0 Å². The molecule has 0 aromatic heterocycles. The van der Waals surface area contributed by atoms with Crippen LogP contribution in [0.5, 0.6) is 11.5 Å². The number of benzene rings is 2. The zero-order valence-corrected chi connectivity index (χ0v) is 18.0. The third-order valence-electron chi connectivity index (χ3n) is 3.71. The van der Waals surface area contributed by atoms with E-state index in [0.717, 1.165) is 0 Å². The number of amides is 1. The van der Waals surface area contributed by atoms with E-state index in [1.807, 2.05) is 0 Å². The first-order valence-corrected chi connectivity index (χ1v) is 9.86. The summed E-state index contributed by atoms with van der Waals surface area (Å²) in [6.07, 6.45) is 1.70. The molecule has 0 saturated carbocycles. The maximum Gasteiger partial charge on any atom is 0.270 e. The van der Waals surface area contributed by atoms with Crippen LogP contribution in [0, 0.1) is 0 Å². The minimum Gasteiger partial charge on any atom is -0.493 e. The van der Waals surface area contributed by atoms with E-state index in [4.69, 9.17) is 56.5 Å². The summed E-state index contributed by atoms with van der Waals surface area (Å²) in [6.45, 7) is 0. The normalized spacial score (nSPS) is 15.6. The predicted octanol–water partition coefficient (Wildman–Crippen LogP) is 6.07. The van der Waals surface area contributed by atoms with Gasteiger partial charge in [0.15, 0.2) is 15.8 Å². The second-order valence-electron chi connectivity index (χ2n) is 5.35. The lowest BCUT2D eigenvalue weighted by Gasteiger charge is -2.15. The van der Waals surface area contributed by atoms with Gasteiger partial charge < -0.3 is 9.47 Å². The van der Waals surface area contributed by atoms with Crippen molar-refractivity contribution in [3.05, 3.63) is 55.9 Å². The molecule has 0 unspecified atom stereocenters. The number of methoxy groups -OCH3 is 2. The van der Waals surface area contributed by atoms with Crippen LogP contribution < -0.4 is 14.4 Å². The quantitative estimate of drug-likeness (QED) is 0.409. The highest BCUT2D eigenvalue weighted by molar-refractivity contribution is 8.27. The number of nitrogens with zero attached hydrogens (tertiary/aromatic N) is 1. The molecule has 1 amide bonds. The second-order valence-corrected chi connectivity index (χ2v) is 8.25. The molecule has 3 rings (SSSR count). The van der Waals surface area contributed by atoms with Crippen molar-refractivity contribution in [3.63, 3.8) is 0 Å². The van der Waals surface area contributed by atoms with Gasteiger partial charge in [-0.1, -0.05) is 58.8 Å². The van der Waals surface area contributed by atoms with Crippen LogP contribution in [0.25, 0.3) is 6.08 Å². The van der Waals surface area contributed by atoms with Gasteiger partial charge in [0.2, 0.25) is 0 Å². The highest BCUT2D eigenvalue weighted by Crippen LogP contribution is 2.40. The smallest absolute Gasteiger partial charge is 0.270 e. The van der Waals surface area contributed by atoms with Crippen molar-refractivity contribution < 1.29 is 14.3 Å². The Morgan fingerprint density at radius 1 is 1.04 bits per heavy atom. The topological polar surface area (TPSA) is 38.8 Å². The van der Waals surface area contributed by atoms with Gasteiger partial charge in [-0.3, -0.25) is 9.69 Å². The zero-order valence-electron chi connectivity index (χ0n) is 14.1. The lowest BCUT2D eigenvalue weighted by molar-refractivity contribution is -0.113. The van der Waals surface area contributed by atoms with Gasteiger partial charge in [0, 0.05) is 0 Å². The highest BCUT2D eigenvalue weighted by Gasteiger charge is 2.33. The molecule has 1 heterocycles. The number of carbonyl (C=O) groups excluding carboxylic acids is 1. The summed E-state index contributed by atoms with van der Waals surface area (Å²) < 4.78 is 10.9. The molecule has 1 fully saturated rings. The summed E-state index contributed by atoms with van der Waals surface area (Å²) in [5.41, 5.74) is 1.24. The molecule has 0 N–H and O–H groups in total. The van der Waals surface area contributed by atoms with Crippen molar-refractivity contribution in [2.45, 2.75) is 0 Å². The summed E-state index contributed by atoms with van der Waals surface area (Å²) in [4.78, 5) is 14.7. The molecule has 2 aromatic carbocycles. The average molecular weight is 461 g/mol. The maximum atomic E-state index is 12.9. The standard InChI is InChI=1S/C18H12Cl3NO3S2/c1-24-14-6-9(5-13(21)16(14)25-2)7-15-17(23)22(18(26)27-15)10-3-4-11(19)12(20)8-10/h3-8H,1-2H3/b15-7+. The Morgan fingerprint density at radius 3 is 2.41 bits per heavy atom. The molecule has 0 atom stereocenters. The van der Waals surface area contributed by atoms with E-state index < -0.39 is 0 Å². The Morgan fingerprint density at radius 2 is 1.78 bits per heavy atom. The number of carbonyl (C=O) groups is 1. The molecular weight excluding hydrogens is 449 g/mol. The van der Waals surface area contributed by atoms with Gasteiger partial charge in [-0.05, 0) is 42.0 Å². The van der Waals surface area contributed by atoms with Crippen molar-refractivity contribution in [2.24, 2.45) is 0 Å². The fourth-order valence-corrected chi connectivity index (χ4v) is 4.37. The molecular formula is C18H12Cl3NO3S2. The third kappa shape index (κ3) is 4.05. The lowest BCUT2D eigenvalue weighted by Crippen LogP contribution is -2.27. The Balaban J connectivity index is 1.97. The van der Waals surface area contributed by atoms with Gasteiger partial charge in [0.1, 0.15) is 0 Å². The summed E-state index contributed by atoms with van der Waals surface area (Å²) in [7, 11) is 3.02. The summed E-state index contributed by atoms with van der Waals surface area (Å²) in [5, 5.41) is 1.13. The van der Waals surface area contributed by atoms with Gasteiger partial charge >= 0.3 is 0 Å². The van der Waals surface area contributed by atoms with Crippen molar-refractivity contribution in [2.75, 3.05) is 19.1 Å². The SMILES string of the molecule is COc1cc(/C=C2/SC(=S)N(c3ccc(Cl)c(Cl)c3)C2=O)cc(Cl)c1OC. The molecule has 140 valence electrons. The Kier molecular flexibility index (Phi) is 6.23. The molecule has 1 saturated heterocycles. The van der Waals surface area contributed by atoms with Crippen molar-refractivity contribution in [1.82, 2.24) is 0 Å². The largest absolute Gasteiger partial charge is 0.493 e. The van der Waals surface area contributed by atoms with Crippen LogP contribution in [0.1, 0.15) is 5.56 Å². The molecule has 4 nitrogen and oxygen atoms in total. The van der Waals surface area contributed by atoms with E-state index in [-0.39, 0.29) is 5.91 Å². The average Bonchev–Trinajstić information content (AvgIpc) is 2.90. The fourth-order valence-electron chi connectivity index (χ4n) is 2.49. The Labute approximate surface area is 181 Å². The van der Waals surface area contributed by atoms with Gasteiger partial charge in [-0.15, -0.1) is 0 Å². The maximum absolute atomic E-state index is 12.9. The highest BCUT2D eigenvalue weighted by atomic mass is 35.5. The number of hydrogen-bond donors (Lipinski definition) is 0. The molecule has 0 bridgehead atoms. The Bertz CT molecular complexity index is 979. The molecule has 0 spiro atoms. The van der Waals surface area contributed by atoms with E-state index in [2.05, 4.69) is 0 Å². The number of rotatable bonds is 4. The van der Waals surface area contributed by atoms with Crippen LogP contribution in [0.2, 0.25) is 15.1 Å². The van der Waals surface area contributed by atoms with Crippen LogP contribution >= 0.6 is 58.8 Å². The fraction of sp³-hybridized carbons (Fsp3) is 0.111. The molecule has 0 aliphatic carbocycles. The number of ether oxygens (including phenoxy) is 2. The van der Waals surface area contributed by atoms with Gasteiger partial charge in [-0.2, -0.15) is 0 Å². The number of anilines is 1. The lowest BCUT2D eigenvalue weighted by atomic mass is 10.1. The zero-order chi connectivity index (χ0) is 19.7. The summed E-state index contributed by atoms with van der Waals surface area (Å²) >= 11 is 24.8. The Hall–Kier alpha value is -1.44.